The number of rotatable bonds is 0. The number of hydrogen-bond donors (Lipinski definition) is 2. The van der Waals surface area contributed by atoms with Gasteiger partial charge in [0, 0.05) is 12.1 Å². The zero-order valence-corrected chi connectivity index (χ0v) is 7.88. The molecule has 0 aromatic rings. The van der Waals surface area contributed by atoms with E-state index in [0.29, 0.717) is 0 Å². The van der Waals surface area contributed by atoms with E-state index in [1.54, 1.807) is 0 Å². The van der Waals surface area contributed by atoms with E-state index in [0.717, 1.165) is 12.8 Å². The van der Waals surface area contributed by atoms with Crippen LogP contribution in [-0.2, 0) is 0 Å². The van der Waals surface area contributed by atoms with E-state index < -0.39 is 0 Å². The fraction of sp³-hybridized carbons (Fsp3) is 1.00. The van der Waals surface area contributed by atoms with E-state index in [1.807, 2.05) is 0 Å². The predicted molar refractivity (Wildman–Crippen MR) is 49.8 cm³/mol. The van der Waals surface area contributed by atoms with Crippen LogP contribution in [0.25, 0.3) is 0 Å². The molecule has 1 fully saturated rings. The Kier molecular flexibility index (Phi) is 4.79. The second-order valence-electron chi connectivity index (χ2n) is 2.61. The van der Waals surface area contributed by atoms with Gasteiger partial charge in [-0.05, 0) is 12.8 Å². The van der Waals surface area contributed by atoms with Gasteiger partial charge >= 0.3 is 0 Å². The van der Waals surface area contributed by atoms with Crippen LogP contribution in [0.2, 0.25) is 0 Å². The minimum absolute atomic E-state index is 0. The molecule has 1 saturated carbocycles. The molecule has 1 aliphatic rings. The molecule has 0 aromatic carbocycles. The van der Waals surface area contributed by atoms with E-state index in [1.165, 1.54) is 12.8 Å². The Morgan fingerprint density at radius 2 is 1.22 bits per heavy atom. The van der Waals surface area contributed by atoms with Gasteiger partial charge in [-0.15, -0.1) is 24.0 Å². The Balaban J connectivity index is 0.000000640. The van der Waals surface area contributed by atoms with Gasteiger partial charge in [0.2, 0.25) is 0 Å². The van der Waals surface area contributed by atoms with Crippen LogP contribution >= 0.6 is 24.0 Å². The Hall–Kier alpha value is 0.650. The third-order valence-corrected chi connectivity index (χ3v) is 1.87. The molecule has 0 amide bonds. The molecule has 0 bridgehead atoms. The molecule has 9 heavy (non-hydrogen) atoms. The largest absolute Gasteiger partial charge is 0.326 e. The zero-order chi connectivity index (χ0) is 5.98. The second kappa shape index (κ2) is 4.46. The van der Waals surface area contributed by atoms with Crippen molar-refractivity contribution in [3.05, 3.63) is 0 Å². The molecular formula is C6H15IN2. The molecular weight excluding hydrogens is 227 g/mol. The lowest BCUT2D eigenvalue weighted by atomic mass is 9.92. The highest BCUT2D eigenvalue weighted by atomic mass is 127. The van der Waals surface area contributed by atoms with Crippen molar-refractivity contribution >= 4 is 24.0 Å². The Labute approximate surface area is 73.4 Å². The highest BCUT2D eigenvalue weighted by molar-refractivity contribution is 14.0. The molecule has 0 spiro atoms. The Morgan fingerprint density at radius 1 is 0.889 bits per heavy atom. The van der Waals surface area contributed by atoms with Crippen molar-refractivity contribution in [2.24, 2.45) is 11.5 Å². The molecule has 4 N–H and O–H groups in total. The maximum atomic E-state index is 5.65. The van der Waals surface area contributed by atoms with Gasteiger partial charge in [-0.1, -0.05) is 12.8 Å². The van der Waals surface area contributed by atoms with Crippen molar-refractivity contribution in [1.29, 1.82) is 0 Å². The minimum Gasteiger partial charge on any atom is -0.326 e. The third kappa shape index (κ3) is 2.82. The third-order valence-electron chi connectivity index (χ3n) is 1.87. The molecule has 2 unspecified atom stereocenters. The average molecular weight is 242 g/mol. The maximum absolute atomic E-state index is 5.65. The number of hydrogen-bond acceptors (Lipinski definition) is 2. The van der Waals surface area contributed by atoms with Gasteiger partial charge in [0.15, 0.2) is 0 Å². The molecule has 0 saturated heterocycles. The summed E-state index contributed by atoms with van der Waals surface area (Å²) in [5.74, 6) is 0. The fourth-order valence-electron chi connectivity index (χ4n) is 1.19. The summed E-state index contributed by atoms with van der Waals surface area (Å²) in [6, 6.07) is 0.562. The van der Waals surface area contributed by atoms with E-state index in [-0.39, 0.29) is 36.1 Å². The van der Waals surface area contributed by atoms with Crippen LogP contribution in [0.4, 0.5) is 0 Å². The second-order valence-corrected chi connectivity index (χ2v) is 2.61. The maximum Gasteiger partial charge on any atom is 0.0192 e. The van der Waals surface area contributed by atoms with E-state index in [9.17, 15) is 0 Å². The Morgan fingerprint density at radius 3 is 1.44 bits per heavy atom. The first-order valence-corrected chi connectivity index (χ1v) is 3.32. The Bertz CT molecular complexity index is 67.5. The van der Waals surface area contributed by atoms with Gasteiger partial charge in [0.05, 0.1) is 0 Å². The average Bonchev–Trinajstić information content (AvgIpc) is 1.77. The smallest absolute Gasteiger partial charge is 0.0192 e. The SMILES string of the molecule is I.NC1CCCCC1N. The lowest BCUT2D eigenvalue weighted by Gasteiger charge is -2.24. The lowest BCUT2D eigenvalue weighted by Crippen LogP contribution is -2.43. The summed E-state index contributed by atoms with van der Waals surface area (Å²) < 4.78 is 0. The van der Waals surface area contributed by atoms with Crippen LogP contribution in [-0.4, -0.2) is 12.1 Å². The molecule has 3 heteroatoms. The molecule has 1 aliphatic carbocycles. The molecule has 56 valence electrons. The van der Waals surface area contributed by atoms with Gasteiger partial charge in [-0.2, -0.15) is 0 Å². The van der Waals surface area contributed by atoms with Crippen molar-refractivity contribution in [1.82, 2.24) is 0 Å². The zero-order valence-electron chi connectivity index (χ0n) is 5.55. The molecule has 1 rings (SSSR count). The minimum atomic E-state index is 0. The van der Waals surface area contributed by atoms with E-state index in [2.05, 4.69) is 0 Å². The van der Waals surface area contributed by atoms with Crippen LogP contribution < -0.4 is 11.5 Å². The molecule has 2 nitrogen and oxygen atoms in total. The van der Waals surface area contributed by atoms with Crippen LogP contribution in [0.5, 0.6) is 0 Å². The van der Waals surface area contributed by atoms with Crippen molar-refractivity contribution in [2.45, 2.75) is 37.8 Å². The molecule has 0 heterocycles. The highest BCUT2D eigenvalue weighted by Crippen LogP contribution is 2.14. The predicted octanol–water partition coefficient (Wildman–Crippen LogP) is 0.833. The standard InChI is InChI=1S/C6H14N2.HI/c7-5-3-1-2-4-6(5)8;/h5-6H,1-4,7-8H2;1H. The first kappa shape index (κ1) is 9.65. The summed E-state index contributed by atoms with van der Waals surface area (Å²) in [6.07, 6.45) is 4.80. The highest BCUT2D eigenvalue weighted by Gasteiger charge is 2.16. The van der Waals surface area contributed by atoms with Crippen molar-refractivity contribution in [2.75, 3.05) is 0 Å². The number of nitrogens with two attached hydrogens (primary N) is 2. The molecule has 0 aromatic heterocycles. The van der Waals surface area contributed by atoms with Gasteiger partial charge < -0.3 is 11.5 Å². The van der Waals surface area contributed by atoms with Gasteiger partial charge in [-0.3, -0.25) is 0 Å². The van der Waals surface area contributed by atoms with Crippen LogP contribution in [0.1, 0.15) is 25.7 Å². The molecule has 0 aliphatic heterocycles. The van der Waals surface area contributed by atoms with E-state index in [4.69, 9.17) is 11.5 Å². The summed E-state index contributed by atoms with van der Waals surface area (Å²) in [5, 5.41) is 0. The summed E-state index contributed by atoms with van der Waals surface area (Å²) in [5.41, 5.74) is 11.3. The van der Waals surface area contributed by atoms with Crippen LogP contribution in [0.15, 0.2) is 0 Å². The van der Waals surface area contributed by atoms with Crippen LogP contribution in [0.3, 0.4) is 0 Å². The van der Waals surface area contributed by atoms with E-state index >= 15 is 0 Å². The van der Waals surface area contributed by atoms with Crippen LogP contribution in [0, 0.1) is 0 Å². The first-order chi connectivity index (χ1) is 3.80. The summed E-state index contributed by atoms with van der Waals surface area (Å²) in [6.45, 7) is 0. The van der Waals surface area contributed by atoms with Gasteiger partial charge in [0.1, 0.15) is 0 Å². The monoisotopic (exact) mass is 242 g/mol. The fourth-order valence-corrected chi connectivity index (χ4v) is 1.19. The van der Waals surface area contributed by atoms with Crippen molar-refractivity contribution in [3.63, 3.8) is 0 Å². The topological polar surface area (TPSA) is 52.0 Å². The molecule has 0 radical (unpaired) electrons. The number of halogens is 1. The molecule has 2 atom stereocenters. The normalized spacial score (nSPS) is 35.3. The van der Waals surface area contributed by atoms with Crippen molar-refractivity contribution in [3.8, 4) is 0 Å². The summed E-state index contributed by atoms with van der Waals surface area (Å²) in [4.78, 5) is 0. The van der Waals surface area contributed by atoms with Gasteiger partial charge in [-0.25, -0.2) is 0 Å². The van der Waals surface area contributed by atoms with Crippen molar-refractivity contribution < 1.29 is 0 Å². The quantitative estimate of drug-likeness (QED) is 0.618. The van der Waals surface area contributed by atoms with Gasteiger partial charge in [0.25, 0.3) is 0 Å². The summed E-state index contributed by atoms with van der Waals surface area (Å²) in [7, 11) is 0. The first-order valence-electron chi connectivity index (χ1n) is 3.32. The lowest BCUT2D eigenvalue weighted by molar-refractivity contribution is 0.385. The summed E-state index contributed by atoms with van der Waals surface area (Å²) >= 11 is 0.